The first-order valence-corrected chi connectivity index (χ1v) is 10.5. The summed E-state index contributed by atoms with van der Waals surface area (Å²) >= 11 is 0. The SMILES string of the molecule is O=C1OCCCCOC(=O)[C@H]2CCCN2C(=O)CCCCC(=O)N2CCC[C@H]12. The van der Waals surface area contributed by atoms with Crippen molar-refractivity contribution in [3.8, 4) is 0 Å². The van der Waals surface area contributed by atoms with Gasteiger partial charge >= 0.3 is 11.9 Å². The molecule has 28 heavy (non-hydrogen) atoms. The van der Waals surface area contributed by atoms with Crippen molar-refractivity contribution in [2.75, 3.05) is 26.3 Å². The second-order valence-corrected chi connectivity index (χ2v) is 7.74. The maximum atomic E-state index is 12.5. The third kappa shape index (κ3) is 5.02. The highest BCUT2D eigenvalue weighted by atomic mass is 16.5. The Labute approximate surface area is 165 Å². The van der Waals surface area contributed by atoms with Crippen LogP contribution in [0.15, 0.2) is 0 Å². The predicted molar refractivity (Wildman–Crippen MR) is 99.1 cm³/mol. The minimum atomic E-state index is -0.490. The summed E-state index contributed by atoms with van der Waals surface area (Å²) in [7, 11) is 0. The summed E-state index contributed by atoms with van der Waals surface area (Å²) < 4.78 is 10.7. The predicted octanol–water partition coefficient (Wildman–Crippen LogP) is 1.41. The summed E-state index contributed by atoms with van der Waals surface area (Å²) in [5.41, 5.74) is 0. The summed E-state index contributed by atoms with van der Waals surface area (Å²) in [5.74, 6) is -0.784. The molecule has 2 atom stereocenters. The fraction of sp³-hybridized carbons (Fsp3) is 0.800. The van der Waals surface area contributed by atoms with Crippen LogP contribution in [0.1, 0.15) is 64.2 Å². The Balaban J connectivity index is 1.61. The molecule has 8 nitrogen and oxygen atoms in total. The second kappa shape index (κ2) is 9.89. The van der Waals surface area contributed by atoms with Gasteiger partial charge in [0.25, 0.3) is 0 Å². The van der Waals surface area contributed by atoms with Crippen molar-refractivity contribution in [3.05, 3.63) is 0 Å². The smallest absolute Gasteiger partial charge is 0.328 e. The summed E-state index contributed by atoms with van der Waals surface area (Å²) in [6.07, 6.45) is 5.88. The summed E-state index contributed by atoms with van der Waals surface area (Å²) in [5, 5.41) is 0. The fourth-order valence-electron chi connectivity index (χ4n) is 4.20. The fourth-order valence-corrected chi connectivity index (χ4v) is 4.20. The molecule has 0 aromatic heterocycles. The Morgan fingerprint density at radius 2 is 1.04 bits per heavy atom. The van der Waals surface area contributed by atoms with E-state index in [0.717, 1.165) is 12.8 Å². The zero-order valence-corrected chi connectivity index (χ0v) is 16.4. The van der Waals surface area contributed by atoms with E-state index in [2.05, 4.69) is 0 Å². The third-order valence-electron chi connectivity index (χ3n) is 5.75. The quantitative estimate of drug-likeness (QED) is 0.577. The normalized spacial score (nSPS) is 28.9. The Morgan fingerprint density at radius 1 is 0.607 bits per heavy atom. The van der Waals surface area contributed by atoms with Crippen molar-refractivity contribution < 1.29 is 28.7 Å². The minimum Gasteiger partial charge on any atom is -0.464 e. The van der Waals surface area contributed by atoms with Crippen LogP contribution in [0.5, 0.6) is 0 Å². The molecule has 156 valence electrons. The molecule has 3 saturated heterocycles. The summed E-state index contributed by atoms with van der Waals surface area (Å²) in [4.78, 5) is 52.9. The van der Waals surface area contributed by atoms with Crippen LogP contribution in [-0.4, -0.2) is 71.9 Å². The number of hydrogen-bond acceptors (Lipinski definition) is 6. The van der Waals surface area contributed by atoms with Crippen LogP contribution in [0, 0.1) is 0 Å². The lowest BCUT2D eigenvalue weighted by molar-refractivity contribution is -0.155. The van der Waals surface area contributed by atoms with Crippen LogP contribution < -0.4 is 0 Å². The van der Waals surface area contributed by atoms with E-state index in [1.54, 1.807) is 9.80 Å². The minimum absolute atomic E-state index is 0.0457. The number of rotatable bonds is 0. The van der Waals surface area contributed by atoms with Gasteiger partial charge in [0.2, 0.25) is 11.8 Å². The van der Waals surface area contributed by atoms with Crippen molar-refractivity contribution in [2.45, 2.75) is 76.3 Å². The lowest BCUT2D eigenvalue weighted by Gasteiger charge is -2.24. The van der Waals surface area contributed by atoms with Gasteiger partial charge in [-0.05, 0) is 51.4 Å². The molecule has 0 bridgehead atoms. The lowest BCUT2D eigenvalue weighted by atomic mass is 10.1. The average molecular weight is 394 g/mol. The van der Waals surface area contributed by atoms with Crippen LogP contribution in [0.25, 0.3) is 0 Å². The maximum absolute atomic E-state index is 12.5. The molecule has 0 aromatic rings. The van der Waals surface area contributed by atoms with E-state index in [1.165, 1.54) is 0 Å². The molecule has 0 radical (unpaired) electrons. The number of nitrogens with zero attached hydrogens (tertiary/aromatic N) is 2. The standard InChI is InChI=1S/C20H30N2O6/c23-17-9-1-2-10-18(24)22-12-6-8-16(22)20(26)28-14-4-3-13-27-19(25)15-7-5-11-21(15)17/h15-16H,1-14H2/t15-,16-/m1/s1. The van der Waals surface area contributed by atoms with Crippen LogP contribution >= 0.6 is 0 Å². The van der Waals surface area contributed by atoms with Gasteiger partial charge in [-0.15, -0.1) is 0 Å². The number of carbonyl (C=O) groups excluding carboxylic acids is 4. The van der Waals surface area contributed by atoms with Crippen molar-refractivity contribution in [2.24, 2.45) is 0 Å². The van der Waals surface area contributed by atoms with Crippen LogP contribution in [0.3, 0.4) is 0 Å². The highest BCUT2D eigenvalue weighted by Crippen LogP contribution is 2.23. The highest BCUT2D eigenvalue weighted by molar-refractivity contribution is 5.86. The van der Waals surface area contributed by atoms with Gasteiger partial charge in [0, 0.05) is 25.9 Å². The molecule has 2 amide bonds. The number of fused-ring (bicyclic) bond motifs is 2. The van der Waals surface area contributed by atoms with Crippen molar-refractivity contribution in [1.82, 2.24) is 9.80 Å². The van der Waals surface area contributed by atoms with E-state index >= 15 is 0 Å². The van der Waals surface area contributed by atoms with Crippen LogP contribution in [0.2, 0.25) is 0 Å². The van der Waals surface area contributed by atoms with Gasteiger partial charge in [-0.2, -0.15) is 0 Å². The molecule has 8 heteroatoms. The zero-order valence-electron chi connectivity index (χ0n) is 16.4. The van der Waals surface area contributed by atoms with Gasteiger partial charge in [-0.1, -0.05) is 0 Å². The van der Waals surface area contributed by atoms with E-state index in [-0.39, 0.29) is 37.0 Å². The molecule has 0 aromatic carbocycles. The Morgan fingerprint density at radius 3 is 1.46 bits per heavy atom. The molecule has 3 aliphatic heterocycles. The molecule has 0 spiro atoms. The third-order valence-corrected chi connectivity index (χ3v) is 5.75. The first-order chi connectivity index (χ1) is 13.6. The van der Waals surface area contributed by atoms with Gasteiger partial charge in [0.15, 0.2) is 0 Å². The Kier molecular flexibility index (Phi) is 7.28. The number of esters is 2. The van der Waals surface area contributed by atoms with Gasteiger partial charge < -0.3 is 19.3 Å². The van der Waals surface area contributed by atoms with Gasteiger partial charge in [-0.25, -0.2) is 9.59 Å². The van der Waals surface area contributed by atoms with Crippen molar-refractivity contribution in [3.63, 3.8) is 0 Å². The summed E-state index contributed by atoms with van der Waals surface area (Å²) in [6.45, 7) is 1.68. The number of carbonyl (C=O) groups is 4. The molecular formula is C20H30N2O6. The Hall–Kier alpha value is -2.12. The summed E-state index contributed by atoms with van der Waals surface area (Å²) in [6, 6.07) is -0.979. The number of ether oxygens (including phenoxy) is 2. The average Bonchev–Trinajstić information content (AvgIpc) is 3.36. The van der Waals surface area contributed by atoms with Gasteiger partial charge in [0.05, 0.1) is 13.2 Å². The molecule has 0 N–H and O–H groups in total. The van der Waals surface area contributed by atoms with Crippen molar-refractivity contribution >= 4 is 23.8 Å². The molecule has 3 rings (SSSR count). The molecule has 3 aliphatic rings. The monoisotopic (exact) mass is 394 g/mol. The van der Waals surface area contributed by atoms with E-state index < -0.39 is 12.1 Å². The van der Waals surface area contributed by atoms with Crippen LogP contribution in [-0.2, 0) is 28.7 Å². The van der Waals surface area contributed by atoms with Crippen molar-refractivity contribution in [1.29, 1.82) is 0 Å². The van der Waals surface area contributed by atoms with Gasteiger partial charge in [-0.3, -0.25) is 9.59 Å². The molecular weight excluding hydrogens is 364 g/mol. The largest absolute Gasteiger partial charge is 0.464 e. The number of amides is 2. The van der Waals surface area contributed by atoms with E-state index in [1.807, 2.05) is 0 Å². The van der Waals surface area contributed by atoms with Crippen LogP contribution in [0.4, 0.5) is 0 Å². The second-order valence-electron chi connectivity index (χ2n) is 7.74. The lowest BCUT2D eigenvalue weighted by Crippen LogP contribution is -2.42. The Bertz CT molecular complexity index is 556. The number of hydrogen-bond donors (Lipinski definition) is 0. The van der Waals surface area contributed by atoms with E-state index in [0.29, 0.717) is 64.5 Å². The molecule has 0 saturated carbocycles. The zero-order chi connectivity index (χ0) is 19.9. The number of cyclic esters (lactones) is 2. The molecule has 3 fully saturated rings. The first kappa shape index (κ1) is 20.6. The van der Waals surface area contributed by atoms with E-state index in [9.17, 15) is 19.2 Å². The molecule has 0 aliphatic carbocycles. The first-order valence-electron chi connectivity index (χ1n) is 10.5. The topological polar surface area (TPSA) is 93.2 Å². The molecule has 0 unspecified atom stereocenters. The van der Waals surface area contributed by atoms with Gasteiger partial charge in [0.1, 0.15) is 12.1 Å². The molecule has 3 heterocycles. The highest BCUT2D eigenvalue weighted by Gasteiger charge is 2.36. The maximum Gasteiger partial charge on any atom is 0.328 e. The van der Waals surface area contributed by atoms with E-state index in [4.69, 9.17) is 9.47 Å².